The van der Waals surface area contributed by atoms with Crippen LogP contribution in [0.1, 0.15) is 39.8 Å². The molecule has 0 aliphatic rings. The van der Waals surface area contributed by atoms with Crippen LogP contribution in [0, 0.1) is 6.92 Å². The van der Waals surface area contributed by atoms with Gasteiger partial charge < -0.3 is 10.5 Å². The third-order valence-electron chi connectivity index (χ3n) is 1.50. The highest BCUT2D eigenvalue weighted by Gasteiger charge is 1.92. The summed E-state index contributed by atoms with van der Waals surface area (Å²) in [5.74, 6) is 0.814. The molecule has 0 aliphatic heterocycles. The summed E-state index contributed by atoms with van der Waals surface area (Å²) in [6.07, 6.45) is 2.61. The second-order valence-electron chi connectivity index (χ2n) is 2.63. The number of aryl methyl sites for hydroxylation is 1. The number of aromatic nitrogens is 1. The van der Waals surface area contributed by atoms with E-state index < -0.39 is 0 Å². The molecule has 0 spiro atoms. The highest BCUT2D eigenvalue weighted by molar-refractivity contribution is 5.18. The molecule has 0 atom stereocenters. The molecule has 0 amide bonds. The lowest BCUT2D eigenvalue weighted by Crippen LogP contribution is -2.06. The summed E-state index contributed by atoms with van der Waals surface area (Å²) < 4.78 is 5.36. The number of hydrogen-bond donors (Lipinski definition) is 1. The summed E-state index contributed by atoms with van der Waals surface area (Å²) in [7, 11) is 0. The van der Waals surface area contributed by atoms with Crippen molar-refractivity contribution < 1.29 is 4.74 Å². The minimum absolute atomic E-state index is 0.666. The van der Waals surface area contributed by atoms with E-state index in [-0.39, 0.29) is 0 Å². The maximum absolute atomic E-state index is 5.36. The van der Waals surface area contributed by atoms with Crippen molar-refractivity contribution in [2.75, 3.05) is 13.2 Å². The predicted molar refractivity (Wildman–Crippen MR) is 70.8 cm³/mol. The zero-order chi connectivity index (χ0) is 12.8. The van der Waals surface area contributed by atoms with Crippen LogP contribution in [0.5, 0.6) is 5.75 Å². The third kappa shape index (κ3) is 9.46. The molecule has 0 radical (unpaired) electrons. The first-order chi connectivity index (χ1) is 7.83. The Morgan fingerprint density at radius 2 is 1.81 bits per heavy atom. The van der Waals surface area contributed by atoms with Gasteiger partial charge in [-0.1, -0.05) is 27.7 Å². The minimum Gasteiger partial charge on any atom is -0.492 e. The Balaban J connectivity index is 0. The molecule has 1 rings (SSSR count). The lowest BCUT2D eigenvalue weighted by molar-refractivity contribution is 0.312. The maximum atomic E-state index is 5.36. The van der Waals surface area contributed by atoms with Gasteiger partial charge in [0, 0.05) is 5.69 Å². The third-order valence-corrected chi connectivity index (χ3v) is 1.50. The van der Waals surface area contributed by atoms with Crippen LogP contribution in [0.2, 0.25) is 0 Å². The lowest BCUT2D eigenvalue weighted by Gasteiger charge is -2.03. The van der Waals surface area contributed by atoms with Crippen LogP contribution in [0.4, 0.5) is 0 Å². The van der Waals surface area contributed by atoms with Crippen molar-refractivity contribution in [2.24, 2.45) is 5.73 Å². The average Bonchev–Trinajstić information content (AvgIpc) is 2.37. The molecule has 0 fully saturated rings. The molecule has 1 aromatic rings. The van der Waals surface area contributed by atoms with Gasteiger partial charge in [-0.2, -0.15) is 0 Å². The molecular weight excluding hydrogens is 200 g/mol. The van der Waals surface area contributed by atoms with E-state index in [9.17, 15) is 0 Å². The largest absolute Gasteiger partial charge is 0.492 e. The van der Waals surface area contributed by atoms with Crippen molar-refractivity contribution in [3.05, 3.63) is 24.0 Å². The van der Waals surface area contributed by atoms with E-state index >= 15 is 0 Å². The summed E-state index contributed by atoms with van der Waals surface area (Å²) in [5.41, 5.74) is 6.32. The normalized spacial score (nSPS) is 8.12. The molecule has 0 saturated heterocycles. The average molecular weight is 226 g/mol. The smallest absolute Gasteiger partial charge is 0.137 e. The molecule has 16 heavy (non-hydrogen) atoms. The molecule has 0 aromatic carbocycles. The van der Waals surface area contributed by atoms with Crippen LogP contribution in [-0.2, 0) is 0 Å². The number of ether oxygens (including phenoxy) is 1. The first kappa shape index (κ1) is 17.3. The molecule has 1 aromatic heterocycles. The van der Waals surface area contributed by atoms with E-state index in [1.165, 1.54) is 0 Å². The fourth-order valence-corrected chi connectivity index (χ4v) is 0.813. The second kappa shape index (κ2) is 13.9. The van der Waals surface area contributed by atoms with E-state index in [2.05, 4.69) is 4.98 Å². The molecule has 0 unspecified atom stereocenters. The van der Waals surface area contributed by atoms with Crippen LogP contribution < -0.4 is 10.5 Å². The predicted octanol–water partition coefficient (Wildman–Crippen LogP) is 3.17. The van der Waals surface area contributed by atoms with Gasteiger partial charge in [0.1, 0.15) is 5.75 Å². The Labute approximate surface area is 100 Å². The number of hydrogen-bond acceptors (Lipinski definition) is 3. The summed E-state index contributed by atoms with van der Waals surface area (Å²) >= 11 is 0. The number of pyridine rings is 1. The van der Waals surface area contributed by atoms with Crippen molar-refractivity contribution in [2.45, 2.75) is 41.0 Å². The number of rotatable bonds is 4. The van der Waals surface area contributed by atoms with Crippen LogP contribution in [-0.4, -0.2) is 18.1 Å². The van der Waals surface area contributed by atoms with Gasteiger partial charge in [-0.25, -0.2) is 0 Å². The van der Waals surface area contributed by atoms with E-state index in [0.29, 0.717) is 13.2 Å². The summed E-state index contributed by atoms with van der Waals surface area (Å²) in [6.45, 7) is 11.3. The van der Waals surface area contributed by atoms with Crippen LogP contribution in [0.15, 0.2) is 18.3 Å². The lowest BCUT2D eigenvalue weighted by atomic mass is 10.4. The Morgan fingerprint density at radius 3 is 2.25 bits per heavy atom. The quantitative estimate of drug-likeness (QED) is 0.802. The van der Waals surface area contributed by atoms with Gasteiger partial charge in [0.25, 0.3) is 0 Å². The molecule has 1 heterocycles. The van der Waals surface area contributed by atoms with Crippen molar-refractivity contribution >= 4 is 0 Å². The van der Waals surface area contributed by atoms with E-state index in [0.717, 1.165) is 17.9 Å². The van der Waals surface area contributed by atoms with Crippen LogP contribution in [0.3, 0.4) is 0 Å². The topological polar surface area (TPSA) is 48.1 Å². The Hall–Kier alpha value is -1.09. The Morgan fingerprint density at radius 1 is 1.19 bits per heavy atom. The van der Waals surface area contributed by atoms with Gasteiger partial charge in [-0.05, 0) is 32.0 Å². The maximum Gasteiger partial charge on any atom is 0.137 e. The molecule has 0 aliphatic carbocycles. The van der Waals surface area contributed by atoms with Gasteiger partial charge in [-0.3, -0.25) is 4.98 Å². The first-order valence-electron chi connectivity index (χ1n) is 6.08. The fraction of sp³-hybridized carbons (Fsp3) is 0.615. The molecule has 94 valence electrons. The standard InChI is InChI=1S/C9H14N2O.2C2H6/c1-8-3-4-9(7-11-8)12-6-2-5-10;2*1-2/h3-4,7H,2,5-6,10H2,1H3;2*1-2H3. The van der Waals surface area contributed by atoms with Gasteiger partial charge >= 0.3 is 0 Å². The van der Waals surface area contributed by atoms with E-state index in [4.69, 9.17) is 10.5 Å². The van der Waals surface area contributed by atoms with Gasteiger partial charge in [0.15, 0.2) is 0 Å². The summed E-state index contributed by atoms with van der Waals surface area (Å²) in [5, 5.41) is 0. The van der Waals surface area contributed by atoms with Gasteiger partial charge in [-0.15, -0.1) is 0 Å². The molecule has 3 nitrogen and oxygen atoms in total. The highest BCUT2D eigenvalue weighted by atomic mass is 16.5. The van der Waals surface area contributed by atoms with Crippen molar-refractivity contribution in [1.82, 2.24) is 4.98 Å². The first-order valence-corrected chi connectivity index (χ1v) is 6.08. The van der Waals surface area contributed by atoms with Gasteiger partial charge in [0.2, 0.25) is 0 Å². The van der Waals surface area contributed by atoms with Crippen molar-refractivity contribution in [3.63, 3.8) is 0 Å². The van der Waals surface area contributed by atoms with E-state index in [1.807, 2.05) is 46.8 Å². The summed E-state index contributed by atoms with van der Waals surface area (Å²) in [4.78, 5) is 4.10. The molecule has 3 heteroatoms. The van der Waals surface area contributed by atoms with Gasteiger partial charge in [0.05, 0.1) is 12.8 Å². The Kier molecular flexibility index (Phi) is 15.0. The van der Waals surface area contributed by atoms with E-state index in [1.54, 1.807) is 6.20 Å². The Bertz CT molecular complexity index is 222. The number of nitrogens with zero attached hydrogens (tertiary/aromatic N) is 1. The monoisotopic (exact) mass is 226 g/mol. The number of nitrogens with two attached hydrogens (primary N) is 1. The zero-order valence-corrected chi connectivity index (χ0v) is 11.3. The zero-order valence-electron chi connectivity index (χ0n) is 11.3. The highest BCUT2D eigenvalue weighted by Crippen LogP contribution is 2.08. The second-order valence-corrected chi connectivity index (χ2v) is 2.63. The molecule has 2 N–H and O–H groups in total. The van der Waals surface area contributed by atoms with Crippen molar-refractivity contribution in [3.8, 4) is 5.75 Å². The SMILES string of the molecule is CC.CC.Cc1ccc(OCCCN)cn1. The fourth-order valence-electron chi connectivity index (χ4n) is 0.813. The van der Waals surface area contributed by atoms with Crippen molar-refractivity contribution in [1.29, 1.82) is 0 Å². The minimum atomic E-state index is 0.666. The molecular formula is C13H26N2O. The van der Waals surface area contributed by atoms with Crippen LogP contribution >= 0.6 is 0 Å². The molecule has 0 saturated carbocycles. The van der Waals surface area contributed by atoms with Crippen LogP contribution in [0.25, 0.3) is 0 Å². The molecule has 0 bridgehead atoms. The summed E-state index contributed by atoms with van der Waals surface area (Å²) in [6, 6.07) is 3.84.